The van der Waals surface area contributed by atoms with Crippen LogP contribution in [0.3, 0.4) is 0 Å². The molecule has 0 bridgehead atoms. The summed E-state index contributed by atoms with van der Waals surface area (Å²) in [6.07, 6.45) is 0. The van der Waals surface area contributed by atoms with Gasteiger partial charge in [0.05, 0.1) is 11.7 Å². The number of carbonyl (C=O) groups excluding carboxylic acids is 1. The van der Waals surface area contributed by atoms with Crippen molar-refractivity contribution >= 4 is 35.1 Å². The first-order chi connectivity index (χ1) is 9.86. The van der Waals surface area contributed by atoms with Crippen molar-refractivity contribution in [1.29, 1.82) is 0 Å². The summed E-state index contributed by atoms with van der Waals surface area (Å²) in [5.74, 6) is 0.624. The first-order valence-electron chi connectivity index (χ1n) is 6.40. The van der Waals surface area contributed by atoms with Gasteiger partial charge in [-0.1, -0.05) is 29.3 Å². The van der Waals surface area contributed by atoms with Crippen molar-refractivity contribution in [3.05, 3.63) is 45.6 Å². The smallest absolute Gasteiger partial charge is 0.320 e. The Hall–Kier alpha value is -1.72. The lowest BCUT2D eigenvalue weighted by atomic mass is 10.1. The predicted molar refractivity (Wildman–Crippen MR) is 85.0 cm³/mol. The fourth-order valence-corrected chi connectivity index (χ4v) is 2.58. The standard InChI is InChI=1S/C14H16Cl2N4O/c1-8-6-13(20(3)19-8)18-14(21)17-9(2)11-5-4-10(15)7-12(11)16/h4-7,9H,1-3H3,(H2,17,18,21). The second-order valence-corrected chi connectivity index (χ2v) is 5.62. The van der Waals surface area contributed by atoms with E-state index in [-0.39, 0.29) is 12.1 Å². The minimum Gasteiger partial charge on any atom is -0.331 e. The predicted octanol–water partition coefficient (Wildman–Crippen LogP) is 3.92. The van der Waals surface area contributed by atoms with Gasteiger partial charge in [-0.2, -0.15) is 5.10 Å². The summed E-state index contributed by atoms with van der Waals surface area (Å²) in [6, 6.07) is 6.41. The maximum atomic E-state index is 12.0. The van der Waals surface area contributed by atoms with E-state index in [1.54, 1.807) is 36.0 Å². The molecule has 21 heavy (non-hydrogen) atoms. The van der Waals surface area contributed by atoms with Crippen LogP contribution in [0.4, 0.5) is 10.6 Å². The number of anilines is 1. The Morgan fingerprint density at radius 1 is 1.33 bits per heavy atom. The number of benzene rings is 1. The fourth-order valence-electron chi connectivity index (χ4n) is 2.01. The monoisotopic (exact) mass is 326 g/mol. The van der Waals surface area contributed by atoms with Crippen LogP contribution in [0.5, 0.6) is 0 Å². The van der Waals surface area contributed by atoms with Gasteiger partial charge < -0.3 is 5.32 Å². The number of halogens is 2. The SMILES string of the molecule is Cc1cc(NC(=O)NC(C)c2ccc(Cl)cc2Cl)n(C)n1. The summed E-state index contributed by atoms with van der Waals surface area (Å²) in [5, 5.41) is 10.8. The number of aromatic nitrogens is 2. The molecule has 1 atom stereocenters. The number of rotatable bonds is 3. The summed E-state index contributed by atoms with van der Waals surface area (Å²) in [7, 11) is 1.77. The zero-order valence-electron chi connectivity index (χ0n) is 11.9. The lowest BCUT2D eigenvalue weighted by Gasteiger charge is -2.16. The van der Waals surface area contributed by atoms with Crippen molar-refractivity contribution in [2.45, 2.75) is 19.9 Å². The number of nitrogens with one attached hydrogen (secondary N) is 2. The van der Waals surface area contributed by atoms with E-state index in [1.807, 2.05) is 13.8 Å². The highest BCUT2D eigenvalue weighted by atomic mass is 35.5. The largest absolute Gasteiger partial charge is 0.331 e. The summed E-state index contributed by atoms with van der Waals surface area (Å²) < 4.78 is 1.61. The number of urea groups is 1. The van der Waals surface area contributed by atoms with Gasteiger partial charge in [-0.05, 0) is 31.5 Å². The molecule has 0 fully saturated rings. The molecule has 1 aromatic carbocycles. The van der Waals surface area contributed by atoms with Crippen LogP contribution in [0.15, 0.2) is 24.3 Å². The van der Waals surface area contributed by atoms with E-state index >= 15 is 0 Å². The van der Waals surface area contributed by atoms with Gasteiger partial charge in [0.25, 0.3) is 0 Å². The topological polar surface area (TPSA) is 59.0 Å². The Kier molecular flexibility index (Phi) is 4.75. The van der Waals surface area contributed by atoms with Crippen molar-refractivity contribution in [3.8, 4) is 0 Å². The van der Waals surface area contributed by atoms with Gasteiger partial charge in [0.1, 0.15) is 5.82 Å². The zero-order valence-corrected chi connectivity index (χ0v) is 13.5. The summed E-state index contributed by atoms with van der Waals surface area (Å²) in [6.45, 7) is 3.71. The van der Waals surface area contributed by atoms with E-state index in [1.165, 1.54) is 0 Å². The minimum absolute atomic E-state index is 0.246. The third-order valence-electron chi connectivity index (χ3n) is 3.02. The molecule has 0 saturated carbocycles. The normalized spacial score (nSPS) is 12.0. The molecular weight excluding hydrogens is 311 g/mol. The fraction of sp³-hybridized carbons (Fsp3) is 0.286. The molecule has 2 rings (SSSR count). The number of aryl methyl sites for hydroxylation is 2. The summed E-state index contributed by atoms with van der Waals surface area (Å²) in [5.41, 5.74) is 1.64. The van der Waals surface area contributed by atoms with Crippen LogP contribution in [0.2, 0.25) is 10.0 Å². The summed E-state index contributed by atoms with van der Waals surface area (Å²) >= 11 is 12.0. The third-order valence-corrected chi connectivity index (χ3v) is 3.58. The molecular formula is C14H16Cl2N4O. The van der Waals surface area contributed by atoms with E-state index in [0.717, 1.165) is 11.3 Å². The number of hydrogen-bond acceptors (Lipinski definition) is 2. The second kappa shape index (κ2) is 6.37. The molecule has 0 aliphatic carbocycles. The van der Waals surface area contributed by atoms with Crippen LogP contribution in [0.25, 0.3) is 0 Å². The first-order valence-corrected chi connectivity index (χ1v) is 7.15. The van der Waals surface area contributed by atoms with Crippen LogP contribution in [-0.2, 0) is 7.05 Å². The molecule has 2 amide bonds. The van der Waals surface area contributed by atoms with Crippen molar-refractivity contribution in [2.75, 3.05) is 5.32 Å². The van der Waals surface area contributed by atoms with E-state index in [9.17, 15) is 4.79 Å². The van der Waals surface area contributed by atoms with E-state index in [4.69, 9.17) is 23.2 Å². The van der Waals surface area contributed by atoms with Gasteiger partial charge >= 0.3 is 6.03 Å². The number of nitrogens with zero attached hydrogens (tertiary/aromatic N) is 2. The third kappa shape index (κ3) is 3.89. The van der Waals surface area contributed by atoms with Crippen molar-refractivity contribution in [1.82, 2.24) is 15.1 Å². The number of carbonyl (C=O) groups is 1. The first kappa shape index (κ1) is 15.7. The average molecular weight is 327 g/mol. The highest BCUT2D eigenvalue weighted by Gasteiger charge is 2.14. The quantitative estimate of drug-likeness (QED) is 0.898. The Bertz CT molecular complexity index is 669. The molecule has 0 spiro atoms. The van der Waals surface area contributed by atoms with Crippen LogP contribution in [0, 0.1) is 6.92 Å². The molecule has 0 saturated heterocycles. The molecule has 1 aromatic heterocycles. The van der Waals surface area contributed by atoms with Gasteiger partial charge in [0, 0.05) is 23.2 Å². The zero-order chi connectivity index (χ0) is 15.6. The number of amides is 2. The molecule has 0 aliphatic heterocycles. The Balaban J connectivity index is 2.03. The highest BCUT2D eigenvalue weighted by Crippen LogP contribution is 2.26. The minimum atomic E-state index is -0.323. The van der Waals surface area contributed by atoms with Gasteiger partial charge in [-0.3, -0.25) is 10.00 Å². The maximum absolute atomic E-state index is 12.0. The molecule has 1 unspecified atom stereocenters. The molecule has 7 heteroatoms. The molecule has 1 heterocycles. The molecule has 112 valence electrons. The Labute approximate surface area is 133 Å². The van der Waals surface area contributed by atoms with Crippen molar-refractivity contribution in [2.24, 2.45) is 7.05 Å². The van der Waals surface area contributed by atoms with Crippen LogP contribution >= 0.6 is 23.2 Å². The van der Waals surface area contributed by atoms with Gasteiger partial charge in [0.15, 0.2) is 0 Å². The molecule has 0 radical (unpaired) electrons. The molecule has 0 aliphatic rings. The molecule has 2 N–H and O–H groups in total. The lowest BCUT2D eigenvalue weighted by molar-refractivity contribution is 0.249. The van der Waals surface area contributed by atoms with Gasteiger partial charge in [-0.25, -0.2) is 4.79 Å². The van der Waals surface area contributed by atoms with E-state index in [0.29, 0.717) is 15.9 Å². The Morgan fingerprint density at radius 3 is 2.62 bits per heavy atom. The van der Waals surface area contributed by atoms with E-state index < -0.39 is 0 Å². The Morgan fingerprint density at radius 2 is 2.05 bits per heavy atom. The van der Waals surface area contributed by atoms with E-state index in [2.05, 4.69) is 15.7 Å². The lowest BCUT2D eigenvalue weighted by Crippen LogP contribution is -2.31. The van der Waals surface area contributed by atoms with Crippen molar-refractivity contribution in [3.63, 3.8) is 0 Å². The summed E-state index contributed by atoms with van der Waals surface area (Å²) in [4.78, 5) is 12.0. The van der Waals surface area contributed by atoms with Crippen LogP contribution in [0.1, 0.15) is 24.2 Å². The van der Waals surface area contributed by atoms with Crippen LogP contribution < -0.4 is 10.6 Å². The average Bonchev–Trinajstić information content (AvgIpc) is 2.67. The van der Waals surface area contributed by atoms with Crippen LogP contribution in [-0.4, -0.2) is 15.8 Å². The highest BCUT2D eigenvalue weighted by molar-refractivity contribution is 6.35. The van der Waals surface area contributed by atoms with Gasteiger partial charge in [0.2, 0.25) is 0 Å². The second-order valence-electron chi connectivity index (χ2n) is 4.78. The van der Waals surface area contributed by atoms with Crippen molar-refractivity contribution < 1.29 is 4.79 Å². The van der Waals surface area contributed by atoms with Gasteiger partial charge in [-0.15, -0.1) is 0 Å². The number of hydrogen-bond donors (Lipinski definition) is 2. The molecule has 2 aromatic rings. The maximum Gasteiger partial charge on any atom is 0.320 e. The molecule has 5 nitrogen and oxygen atoms in total.